The van der Waals surface area contributed by atoms with Gasteiger partial charge in [0.1, 0.15) is 0 Å². The van der Waals surface area contributed by atoms with Gasteiger partial charge in [-0.05, 0) is 31.5 Å². The average Bonchev–Trinajstić information content (AvgIpc) is 2.47. The van der Waals surface area contributed by atoms with E-state index in [9.17, 15) is 0 Å². The predicted octanol–water partition coefficient (Wildman–Crippen LogP) is 1.76. The lowest BCUT2D eigenvalue weighted by atomic mass is 9.95. The molecule has 1 aromatic carbocycles. The molecule has 13 heavy (non-hydrogen) atoms. The molecule has 0 amide bonds. The van der Waals surface area contributed by atoms with Crippen molar-refractivity contribution in [2.75, 3.05) is 0 Å². The van der Waals surface area contributed by atoms with Gasteiger partial charge in [0.15, 0.2) is 0 Å². The largest absolute Gasteiger partial charge is 0.322 e. The van der Waals surface area contributed by atoms with Crippen LogP contribution < -0.4 is 5.73 Å². The van der Waals surface area contributed by atoms with E-state index in [2.05, 4.69) is 16.3 Å². The maximum atomic E-state index is 5.99. The monoisotopic (exact) mass is 175 g/mol. The summed E-state index contributed by atoms with van der Waals surface area (Å²) in [6.07, 6.45) is 1.81. The molecule has 0 atom stereocenters. The molecule has 0 aliphatic rings. The second-order valence-corrected chi connectivity index (χ2v) is 3.89. The molecule has 68 valence electrons. The highest BCUT2D eigenvalue weighted by Crippen LogP contribution is 2.20. The van der Waals surface area contributed by atoms with E-state index in [-0.39, 0.29) is 5.54 Å². The fourth-order valence-corrected chi connectivity index (χ4v) is 1.34. The van der Waals surface area contributed by atoms with E-state index < -0.39 is 0 Å². The molecule has 0 radical (unpaired) electrons. The van der Waals surface area contributed by atoms with E-state index in [0.29, 0.717) is 0 Å². The number of aromatic amines is 1. The molecule has 2 rings (SSSR count). The van der Waals surface area contributed by atoms with E-state index in [1.807, 2.05) is 32.2 Å². The van der Waals surface area contributed by atoms with Crippen LogP contribution in [-0.4, -0.2) is 10.2 Å². The topological polar surface area (TPSA) is 54.7 Å². The molecule has 0 saturated heterocycles. The minimum atomic E-state index is -0.286. The van der Waals surface area contributed by atoms with Crippen LogP contribution in [0.5, 0.6) is 0 Å². The Kier molecular flexibility index (Phi) is 1.63. The fourth-order valence-electron chi connectivity index (χ4n) is 1.34. The Morgan fingerprint density at radius 2 is 2.15 bits per heavy atom. The van der Waals surface area contributed by atoms with Gasteiger partial charge in [-0.3, -0.25) is 5.10 Å². The molecule has 1 heterocycles. The zero-order valence-corrected chi connectivity index (χ0v) is 7.83. The summed E-state index contributed by atoms with van der Waals surface area (Å²) in [6.45, 7) is 3.99. The van der Waals surface area contributed by atoms with Crippen LogP contribution in [0.3, 0.4) is 0 Å². The van der Waals surface area contributed by atoms with Gasteiger partial charge >= 0.3 is 0 Å². The van der Waals surface area contributed by atoms with Crippen molar-refractivity contribution >= 4 is 10.9 Å². The van der Waals surface area contributed by atoms with E-state index >= 15 is 0 Å². The normalized spacial score (nSPS) is 12.2. The number of hydrogen-bond acceptors (Lipinski definition) is 2. The third kappa shape index (κ3) is 1.42. The molecule has 2 aromatic rings. The number of nitrogens with two attached hydrogens (primary N) is 1. The zero-order chi connectivity index (χ0) is 9.47. The van der Waals surface area contributed by atoms with Crippen LogP contribution in [0.4, 0.5) is 0 Å². The molecule has 0 fully saturated rings. The van der Waals surface area contributed by atoms with Crippen molar-refractivity contribution in [1.29, 1.82) is 0 Å². The first-order valence-electron chi connectivity index (χ1n) is 4.30. The van der Waals surface area contributed by atoms with Gasteiger partial charge in [0.2, 0.25) is 0 Å². The van der Waals surface area contributed by atoms with Crippen molar-refractivity contribution in [3.05, 3.63) is 30.0 Å². The number of benzene rings is 1. The summed E-state index contributed by atoms with van der Waals surface area (Å²) in [4.78, 5) is 0. The number of hydrogen-bond donors (Lipinski definition) is 2. The maximum absolute atomic E-state index is 5.99. The molecule has 3 nitrogen and oxygen atoms in total. The lowest BCUT2D eigenvalue weighted by Gasteiger charge is -2.18. The highest BCUT2D eigenvalue weighted by Gasteiger charge is 2.14. The Labute approximate surface area is 76.9 Å². The molecule has 3 heteroatoms. The Morgan fingerprint density at radius 1 is 1.38 bits per heavy atom. The van der Waals surface area contributed by atoms with Crippen LogP contribution >= 0.6 is 0 Å². The zero-order valence-electron chi connectivity index (χ0n) is 7.83. The molecule has 0 spiro atoms. The summed E-state index contributed by atoms with van der Waals surface area (Å²) < 4.78 is 0. The number of H-pyrrole nitrogens is 1. The van der Waals surface area contributed by atoms with Crippen molar-refractivity contribution in [1.82, 2.24) is 10.2 Å². The van der Waals surface area contributed by atoms with E-state index in [4.69, 9.17) is 5.73 Å². The van der Waals surface area contributed by atoms with Crippen LogP contribution in [0.2, 0.25) is 0 Å². The second kappa shape index (κ2) is 2.57. The van der Waals surface area contributed by atoms with E-state index in [0.717, 1.165) is 16.5 Å². The SMILES string of the molecule is CC(C)(N)c1ccc2[nH]ncc2c1. The predicted molar refractivity (Wildman–Crippen MR) is 53.3 cm³/mol. The van der Waals surface area contributed by atoms with Crippen LogP contribution in [-0.2, 0) is 5.54 Å². The standard InChI is InChI=1S/C10H13N3/c1-10(2,11)8-3-4-9-7(5-8)6-12-13-9/h3-6H,11H2,1-2H3,(H,12,13). The first-order valence-corrected chi connectivity index (χ1v) is 4.30. The summed E-state index contributed by atoms with van der Waals surface area (Å²) in [6, 6.07) is 6.10. The highest BCUT2D eigenvalue weighted by atomic mass is 15.1. The molecule has 0 aliphatic heterocycles. The third-order valence-corrected chi connectivity index (χ3v) is 2.18. The Balaban J connectivity index is 2.61. The summed E-state index contributed by atoms with van der Waals surface area (Å²) >= 11 is 0. The lowest BCUT2D eigenvalue weighted by molar-refractivity contribution is 0.555. The minimum Gasteiger partial charge on any atom is -0.322 e. The molecular formula is C10H13N3. The maximum Gasteiger partial charge on any atom is 0.0650 e. The highest BCUT2D eigenvalue weighted by molar-refractivity contribution is 5.78. The number of fused-ring (bicyclic) bond motifs is 1. The smallest absolute Gasteiger partial charge is 0.0650 e. The van der Waals surface area contributed by atoms with Gasteiger partial charge < -0.3 is 5.73 Å². The lowest BCUT2D eigenvalue weighted by Crippen LogP contribution is -2.28. The van der Waals surface area contributed by atoms with Gasteiger partial charge in [0.05, 0.1) is 11.7 Å². The summed E-state index contributed by atoms with van der Waals surface area (Å²) in [5.74, 6) is 0. The number of rotatable bonds is 1. The second-order valence-electron chi connectivity index (χ2n) is 3.89. The van der Waals surface area contributed by atoms with Crippen LogP contribution in [0.15, 0.2) is 24.4 Å². The molecule has 0 aliphatic carbocycles. The summed E-state index contributed by atoms with van der Waals surface area (Å²) in [7, 11) is 0. The van der Waals surface area contributed by atoms with Gasteiger partial charge in [-0.25, -0.2) is 0 Å². The molecule has 0 saturated carbocycles. The third-order valence-electron chi connectivity index (χ3n) is 2.18. The molecular weight excluding hydrogens is 162 g/mol. The van der Waals surface area contributed by atoms with Crippen LogP contribution in [0.1, 0.15) is 19.4 Å². The Hall–Kier alpha value is -1.35. The van der Waals surface area contributed by atoms with Crippen molar-refractivity contribution in [2.24, 2.45) is 5.73 Å². The fraction of sp³-hybridized carbons (Fsp3) is 0.300. The number of nitrogens with zero attached hydrogens (tertiary/aromatic N) is 1. The summed E-state index contributed by atoms with van der Waals surface area (Å²) in [5.41, 5.74) is 7.88. The summed E-state index contributed by atoms with van der Waals surface area (Å²) in [5, 5.41) is 7.97. The van der Waals surface area contributed by atoms with Crippen LogP contribution in [0, 0.1) is 0 Å². The van der Waals surface area contributed by atoms with Gasteiger partial charge in [-0.2, -0.15) is 5.10 Å². The number of aromatic nitrogens is 2. The average molecular weight is 175 g/mol. The van der Waals surface area contributed by atoms with E-state index in [1.165, 1.54) is 0 Å². The first kappa shape index (κ1) is 8.26. The Bertz CT molecular complexity index is 423. The van der Waals surface area contributed by atoms with Gasteiger partial charge in [0, 0.05) is 10.9 Å². The molecule has 1 aromatic heterocycles. The van der Waals surface area contributed by atoms with E-state index in [1.54, 1.807) is 0 Å². The molecule has 0 unspecified atom stereocenters. The van der Waals surface area contributed by atoms with Gasteiger partial charge in [0.25, 0.3) is 0 Å². The van der Waals surface area contributed by atoms with Crippen molar-refractivity contribution in [3.8, 4) is 0 Å². The van der Waals surface area contributed by atoms with Crippen LogP contribution in [0.25, 0.3) is 10.9 Å². The van der Waals surface area contributed by atoms with Gasteiger partial charge in [-0.15, -0.1) is 0 Å². The number of nitrogens with one attached hydrogen (secondary N) is 1. The molecule has 0 bridgehead atoms. The molecule has 3 N–H and O–H groups in total. The van der Waals surface area contributed by atoms with Gasteiger partial charge in [-0.1, -0.05) is 6.07 Å². The van der Waals surface area contributed by atoms with Crippen molar-refractivity contribution in [2.45, 2.75) is 19.4 Å². The minimum absolute atomic E-state index is 0.286. The van der Waals surface area contributed by atoms with Crippen molar-refractivity contribution < 1.29 is 0 Å². The first-order chi connectivity index (χ1) is 6.07. The Morgan fingerprint density at radius 3 is 2.85 bits per heavy atom. The van der Waals surface area contributed by atoms with Crippen molar-refractivity contribution in [3.63, 3.8) is 0 Å². The quantitative estimate of drug-likeness (QED) is 0.693.